The molecule has 3 nitrogen and oxygen atoms in total. The normalized spacial score (nSPS) is 14.5. The minimum Gasteiger partial charge on any atom is -0.494 e. The predicted octanol–water partition coefficient (Wildman–Crippen LogP) is 2.57. The summed E-state index contributed by atoms with van der Waals surface area (Å²) in [4.78, 5) is 0. The number of hydrogen-bond donors (Lipinski definition) is 2. The van der Waals surface area contributed by atoms with Crippen LogP contribution in [0.25, 0.3) is 0 Å². The second-order valence-electron chi connectivity index (χ2n) is 3.79. The number of benzene rings is 1. The van der Waals surface area contributed by atoms with Crippen molar-refractivity contribution in [1.29, 1.82) is 0 Å². The highest BCUT2D eigenvalue weighted by Crippen LogP contribution is 2.28. The summed E-state index contributed by atoms with van der Waals surface area (Å²) in [5.41, 5.74) is 4.90. The van der Waals surface area contributed by atoms with E-state index in [0.717, 1.165) is 6.07 Å². The van der Waals surface area contributed by atoms with Crippen molar-refractivity contribution in [2.24, 2.45) is 5.73 Å². The molecule has 3 N–H and O–H groups in total. The van der Waals surface area contributed by atoms with Crippen LogP contribution in [0.3, 0.4) is 0 Å². The van der Waals surface area contributed by atoms with E-state index in [0.29, 0.717) is 0 Å². The van der Waals surface area contributed by atoms with Crippen molar-refractivity contribution in [3.05, 3.63) is 29.6 Å². The molecule has 0 aliphatic rings. The SMILES string of the molecule is COc1ccc([C@H](O)C[C@H](N)C(F)(F)F)cc1F.Cl. The topological polar surface area (TPSA) is 55.5 Å². The summed E-state index contributed by atoms with van der Waals surface area (Å²) >= 11 is 0. The first-order valence-electron chi connectivity index (χ1n) is 5.09. The Bertz CT molecular complexity index is 414. The van der Waals surface area contributed by atoms with Crippen LogP contribution in [0.1, 0.15) is 18.1 Å². The number of rotatable bonds is 4. The summed E-state index contributed by atoms with van der Waals surface area (Å²) in [7, 11) is 1.26. The molecule has 19 heavy (non-hydrogen) atoms. The standard InChI is InChI=1S/C11H13F4NO2.ClH/c1-18-9-3-2-6(4-7(9)12)8(17)5-10(16)11(13,14)15;/h2-4,8,10,17H,5,16H2,1H3;1H/t8-,10+;/m1./s1. The molecule has 0 radical (unpaired) electrons. The average Bonchev–Trinajstić information content (AvgIpc) is 2.27. The van der Waals surface area contributed by atoms with Gasteiger partial charge in [0, 0.05) is 6.42 Å². The molecule has 0 aliphatic carbocycles. The van der Waals surface area contributed by atoms with Crippen molar-refractivity contribution < 1.29 is 27.4 Å². The van der Waals surface area contributed by atoms with Crippen LogP contribution in [0.15, 0.2) is 18.2 Å². The van der Waals surface area contributed by atoms with Gasteiger partial charge in [-0.3, -0.25) is 0 Å². The Morgan fingerprint density at radius 3 is 2.37 bits per heavy atom. The van der Waals surface area contributed by atoms with Gasteiger partial charge < -0.3 is 15.6 Å². The van der Waals surface area contributed by atoms with Gasteiger partial charge in [-0.05, 0) is 17.7 Å². The zero-order valence-corrected chi connectivity index (χ0v) is 10.8. The van der Waals surface area contributed by atoms with E-state index in [9.17, 15) is 22.7 Å². The van der Waals surface area contributed by atoms with Crippen molar-refractivity contribution in [2.75, 3.05) is 7.11 Å². The highest BCUT2D eigenvalue weighted by Gasteiger charge is 2.38. The predicted molar refractivity (Wildman–Crippen MR) is 63.8 cm³/mol. The second kappa shape index (κ2) is 6.93. The lowest BCUT2D eigenvalue weighted by atomic mass is 10.0. The Labute approximate surface area is 113 Å². The van der Waals surface area contributed by atoms with Crippen LogP contribution >= 0.6 is 12.4 Å². The first-order chi connectivity index (χ1) is 8.25. The molecule has 0 aliphatic heterocycles. The molecule has 0 unspecified atom stereocenters. The Kier molecular flexibility index (Phi) is 6.54. The fourth-order valence-electron chi connectivity index (χ4n) is 1.40. The number of nitrogens with two attached hydrogens (primary N) is 1. The van der Waals surface area contributed by atoms with E-state index in [1.807, 2.05) is 0 Å². The number of aliphatic hydroxyl groups is 1. The summed E-state index contributed by atoms with van der Waals surface area (Å²) in [6.45, 7) is 0. The molecule has 0 bridgehead atoms. The van der Waals surface area contributed by atoms with Crippen LogP contribution in [-0.2, 0) is 0 Å². The Hall–Kier alpha value is -1.05. The van der Waals surface area contributed by atoms with Crippen LogP contribution < -0.4 is 10.5 Å². The third-order valence-electron chi connectivity index (χ3n) is 2.46. The minimum absolute atomic E-state index is 0. The molecule has 0 saturated carbocycles. The molecule has 0 spiro atoms. The fraction of sp³-hybridized carbons (Fsp3) is 0.455. The number of aliphatic hydroxyl groups excluding tert-OH is 1. The molecule has 0 saturated heterocycles. The van der Waals surface area contributed by atoms with Crippen LogP contribution in [0.4, 0.5) is 17.6 Å². The van der Waals surface area contributed by atoms with Crippen molar-refractivity contribution in [2.45, 2.75) is 24.7 Å². The van der Waals surface area contributed by atoms with Crippen molar-refractivity contribution in [3.8, 4) is 5.75 Å². The highest BCUT2D eigenvalue weighted by atomic mass is 35.5. The second-order valence-corrected chi connectivity index (χ2v) is 3.79. The van der Waals surface area contributed by atoms with Crippen molar-refractivity contribution >= 4 is 12.4 Å². The van der Waals surface area contributed by atoms with Gasteiger partial charge in [-0.1, -0.05) is 6.07 Å². The molecular formula is C11H14ClF4NO2. The molecular weight excluding hydrogens is 290 g/mol. The van der Waals surface area contributed by atoms with Gasteiger partial charge in [-0.25, -0.2) is 4.39 Å². The maximum absolute atomic E-state index is 13.3. The minimum atomic E-state index is -4.59. The van der Waals surface area contributed by atoms with E-state index >= 15 is 0 Å². The smallest absolute Gasteiger partial charge is 0.403 e. The fourth-order valence-corrected chi connectivity index (χ4v) is 1.40. The van der Waals surface area contributed by atoms with Gasteiger partial charge in [0.2, 0.25) is 0 Å². The lowest BCUT2D eigenvalue weighted by Crippen LogP contribution is -2.38. The molecule has 1 aromatic carbocycles. The average molecular weight is 304 g/mol. The van der Waals surface area contributed by atoms with E-state index in [2.05, 4.69) is 4.74 Å². The van der Waals surface area contributed by atoms with E-state index in [4.69, 9.17) is 5.73 Å². The molecule has 110 valence electrons. The zero-order chi connectivity index (χ0) is 13.9. The number of alkyl halides is 3. The van der Waals surface area contributed by atoms with Crippen LogP contribution in [0, 0.1) is 5.82 Å². The monoisotopic (exact) mass is 303 g/mol. The Morgan fingerprint density at radius 1 is 1.37 bits per heavy atom. The molecule has 0 amide bonds. The molecule has 2 atom stereocenters. The maximum atomic E-state index is 13.3. The highest BCUT2D eigenvalue weighted by molar-refractivity contribution is 5.85. The molecule has 1 aromatic rings. The Balaban J connectivity index is 0.00000324. The summed E-state index contributed by atoms with van der Waals surface area (Å²) in [5.74, 6) is -0.805. The third-order valence-corrected chi connectivity index (χ3v) is 2.46. The number of methoxy groups -OCH3 is 1. The van der Waals surface area contributed by atoms with Gasteiger partial charge in [0.05, 0.1) is 13.2 Å². The van der Waals surface area contributed by atoms with Crippen LogP contribution in [0.2, 0.25) is 0 Å². The summed E-state index contributed by atoms with van der Waals surface area (Å²) in [6.07, 6.45) is -6.80. The third kappa shape index (κ3) is 4.85. The summed E-state index contributed by atoms with van der Waals surface area (Å²) in [6, 6.07) is 1.28. The van der Waals surface area contributed by atoms with Crippen LogP contribution in [-0.4, -0.2) is 24.4 Å². The lowest BCUT2D eigenvalue weighted by molar-refractivity contribution is -0.153. The quantitative estimate of drug-likeness (QED) is 0.841. The van der Waals surface area contributed by atoms with Crippen molar-refractivity contribution in [3.63, 3.8) is 0 Å². The number of ether oxygens (including phenoxy) is 1. The molecule has 1 rings (SSSR count). The lowest BCUT2D eigenvalue weighted by Gasteiger charge is -2.19. The first kappa shape index (κ1) is 17.9. The van der Waals surface area contributed by atoms with E-state index in [-0.39, 0.29) is 23.7 Å². The van der Waals surface area contributed by atoms with E-state index in [1.54, 1.807) is 0 Å². The first-order valence-corrected chi connectivity index (χ1v) is 5.09. The van der Waals surface area contributed by atoms with Gasteiger partial charge in [-0.2, -0.15) is 13.2 Å². The molecule has 0 aromatic heterocycles. The Morgan fingerprint density at radius 2 is 1.95 bits per heavy atom. The van der Waals surface area contributed by atoms with Gasteiger partial charge in [0.15, 0.2) is 11.6 Å². The summed E-state index contributed by atoms with van der Waals surface area (Å²) < 4.78 is 54.5. The van der Waals surface area contributed by atoms with Gasteiger partial charge in [0.25, 0.3) is 0 Å². The van der Waals surface area contributed by atoms with E-state index < -0.39 is 30.6 Å². The van der Waals surface area contributed by atoms with Gasteiger partial charge >= 0.3 is 6.18 Å². The molecule has 0 fully saturated rings. The number of hydrogen-bond acceptors (Lipinski definition) is 3. The summed E-state index contributed by atoms with van der Waals surface area (Å²) in [5, 5.41) is 9.55. The van der Waals surface area contributed by atoms with Gasteiger partial charge in [-0.15, -0.1) is 12.4 Å². The van der Waals surface area contributed by atoms with Crippen molar-refractivity contribution in [1.82, 2.24) is 0 Å². The number of halogens is 5. The molecule has 8 heteroatoms. The van der Waals surface area contributed by atoms with E-state index in [1.165, 1.54) is 19.2 Å². The van der Waals surface area contributed by atoms with Gasteiger partial charge in [0.1, 0.15) is 6.04 Å². The van der Waals surface area contributed by atoms with Crippen LogP contribution in [0.5, 0.6) is 5.75 Å². The zero-order valence-electron chi connectivity index (χ0n) is 9.95. The largest absolute Gasteiger partial charge is 0.494 e. The maximum Gasteiger partial charge on any atom is 0.403 e. The molecule has 0 heterocycles.